The molecule has 0 saturated heterocycles. The average molecular weight is 186 g/mol. The van der Waals surface area contributed by atoms with Crippen LogP contribution in [0.4, 0.5) is 0 Å². The Morgan fingerprint density at radius 3 is 2.31 bits per heavy atom. The molecule has 0 heterocycles. The van der Waals surface area contributed by atoms with E-state index in [9.17, 15) is 0 Å². The van der Waals surface area contributed by atoms with Crippen LogP contribution in [-0.2, 0) is 0 Å². The van der Waals surface area contributed by atoms with E-state index < -0.39 is 0 Å². The predicted molar refractivity (Wildman–Crippen MR) is 57.3 cm³/mol. The third kappa shape index (κ3) is 5.06. The van der Waals surface area contributed by atoms with Crippen molar-refractivity contribution < 1.29 is 9.59 Å². The summed E-state index contributed by atoms with van der Waals surface area (Å²) in [6.07, 6.45) is 2.25. The van der Waals surface area contributed by atoms with Gasteiger partial charge < -0.3 is 5.11 Å². The second-order valence-corrected chi connectivity index (χ2v) is 4.63. The van der Waals surface area contributed by atoms with Crippen LogP contribution in [0.2, 0.25) is 0 Å². The Labute approximate surface area is 82.5 Å². The molecule has 0 spiro atoms. The Bertz CT molecular complexity index is 161. The summed E-state index contributed by atoms with van der Waals surface area (Å²) >= 11 is 0. The van der Waals surface area contributed by atoms with Crippen LogP contribution in [-0.4, -0.2) is 36.8 Å². The first-order chi connectivity index (χ1) is 5.90. The lowest BCUT2D eigenvalue weighted by molar-refractivity contribution is -0.854. The number of likely N-dealkylation sites (N-methyl/N-ethyl adjacent to an activating group) is 1. The summed E-state index contributed by atoms with van der Waals surface area (Å²) in [4.78, 5) is 0. The molecule has 0 bridgehead atoms. The molecule has 0 aliphatic carbocycles. The van der Waals surface area contributed by atoms with Gasteiger partial charge in [0.15, 0.2) is 0 Å². The number of aliphatic hydroxyl groups excluding tert-OH is 1. The average Bonchev–Trinajstić information content (AvgIpc) is 1.99. The Balaban J connectivity index is 3.94. The molecule has 0 aromatic carbocycles. The zero-order chi connectivity index (χ0) is 10.5. The summed E-state index contributed by atoms with van der Waals surface area (Å²) in [5, 5.41) is 8.87. The molecule has 2 nitrogen and oxygen atoms in total. The number of aliphatic hydroxyl groups is 1. The fourth-order valence-electron chi connectivity index (χ4n) is 1.17. The van der Waals surface area contributed by atoms with E-state index >= 15 is 0 Å². The first-order valence-electron chi connectivity index (χ1n) is 5.02. The zero-order valence-corrected chi connectivity index (χ0v) is 9.51. The van der Waals surface area contributed by atoms with Gasteiger partial charge in [-0.25, -0.2) is 0 Å². The first-order valence-corrected chi connectivity index (χ1v) is 5.02. The van der Waals surface area contributed by atoms with Gasteiger partial charge in [0.1, 0.15) is 12.2 Å². The maximum Gasteiger partial charge on any atom is 0.106 e. The van der Waals surface area contributed by atoms with Crippen LogP contribution < -0.4 is 0 Å². The second-order valence-electron chi connectivity index (χ2n) is 4.63. The van der Waals surface area contributed by atoms with E-state index in [4.69, 9.17) is 5.11 Å². The van der Waals surface area contributed by atoms with Gasteiger partial charge in [-0.3, -0.25) is 4.48 Å². The maximum atomic E-state index is 8.87. The maximum absolute atomic E-state index is 8.87. The third-order valence-electron chi connectivity index (χ3n) is 2.53. The lowest BCUT2D eigenvalue weighted by Crippen LogP contribution is -2.40. The first kappa shape index (κ1) is 12.7. The SMILES string of the molecule is C=C(CCC(C)C)[N+](C)(C)CCO. The molecule has 0 fully saturated rings. The van der Waals surface area contributed by atoms with Crippen LogP contribution in [0.1, 0.15) is 26.7 Å². The van der Waals surface area contributed by atoms with Gasteiger partial charge in [-0.15, -0.1) is 0 Å². The van der Waals surface area contributed by atoms with Gasteiger partial charge in [0.2, 0.25) is 0 Å². The van der Waals surface area contributed by atoms with Crippen molar-refractivity contribution in [3.8, 4) is 0 Å². The third-order valence-corrected chi connectivity index (χ3v) is 2.53. The topological polar surface area (TPSA) is 20.2 Å². The highest BCUT2D eigenvalue weighted by Crippen LogP contribution is 2.17. The van der Waals surface area contributed by atoms with Crippen LogP contribution in [0.3, 0.4) is 0 Å². The molecule has 0 aliphatic rings. The number of quaternary nitrogens is 1. The molecular weight excluding hydrogens is 162 g/mol. The van der Waals surface area contributed by atoms with Gasteiger partial charge in [0, 0.05) is 6.42 Å². The van der Waals surface area contributed by atoms with Crippen LogP contribution in [0, 0.1) is 5.92 Å². The summed E-state index contributed by atoms with van der Waals surface area (Å²) in [6, 6.07) is 0. The number of hydrogen-bond donors (Lipinski definition) is 1. The summed E-state index contributed by atoms with van der Waals surface area (Å²) in [5.41, 5.74) is 1.21. The fourth-order valence-corrected chi connectivity index (χ4v) is 1.17. The van der Waals surface area contributed by atoms with Crippen molar-refractivity contribution in [2.45, 2.75) is 26.7 Å². The van der Waals surface area contributed by atoms with E-state index in [0.29, 0.717) is 0 Å². The van der Waals surface area contributed by atoms with Crippen molar-refractivity contribution in [1.29, 1.82) is 0 Å². The minimum absolute atomic E-state index is 0.230. The van der Waals surface area contributed by atoms with E-state index in [1.165, 1.54) is 12.1 Å². The number of allylic oxidation sites excluding steroid dienone is 1. The van der Waals surface area contributed by atoms with E-state index in [0.717, 1.165) is 23.4 Å². The Hall–Kier alpha value is -0.340. The lowest BCUT2D eigenvalue weighted by atomic mass is 10.1. The van der Waals surface area contributed by atoms with Gasteiger partial charge in [0.05, 0.1) is 20.7 Å². The lowest BCUT2D eigenvalue weighted by Gasteiger charge is -2.30. The largest absolute Gasteiger partial charge is 0.390 e. The Morgan fingerprint density at radius 2 is 1.92 bits per heavy atom. The number of nitrogens with zero attached hydrogens (tertiary/aromatic N) is 1. The minimum atomic E-state index is 0.230. The molecule has 0 atom stereocenters. The van der Waals surface area contributed by atoms with E-state index in [2.05, 4.69) is 34.5 Å². The van der Waals surface area contributed by atoms with Crippen molar-refractivity contribution in [2.75, 3.05) is 27.2 Å². The molecule has 0 aliphatic heterocycles. The highest BCUT2D eigenvalue weighted by Gasteiger charge is 2.18. The summed E-state index contributed by atoms with van der Waals surface area (Å²) < 4.78 is 0.739. The zero-order valence-electron chi connectivity index (χ0n) is 9.51. The molecule has 2 heteroatoms. The van der Waals surface area contributed by atoms with Crippen molar-refractivity contribution in [3.63, 3.8) is 0 Å². The molecule has 0 aromatic rings. The molecule has 13 heavy (non-hydrogen) atoms. The highest BCUT2D eigenvalue weighted by atomic mass is 16.3. The molecule has 0 unspecified atom stereocenters. The van der Waals surface area contributed by atoms with Crippen LogP contribution in [0.15, 0.2) is 12.3 Å². The molecular formula is C11H24NO+. The van der Waals surface area contributed by atoms with Crippen LogP contribution >= 0.6 is 0 Å². The molecule has 0 amide bonds. The second kappa shape index (κ2) is 5.40. The van der Waals surface area contributed by atoms with Crippen molar-refractivity contribution in [1.82, 2.24) is 0 Å². The molecule has 78 valence electrons. The van der Waals surface area contributed by atoms with Gasteiger partial charge in [0.25, 0.3) is 0 Å². The summed E-state index contributed by atoms with van der Waals surface area (Å²) in [5.74, 6) is 0.728. The molecule has 0 radical (unpaired) electrons. The summed E-state index contributed by atoms with van der Waals surface area (Å²) in [7, 11) is 4.19. The minimum Gasteiger partial charge on any atom is -0.390 e. The summed E-state index contributed by atoms with van der Waals surface area (Å²) in [6.45, 7) is 9.51. The normalized spacial score (nSPS) is 12.2. The van der Waals surface area contributed by atoms with Crippen LogP contribution in [0.5, 0.6) is 0 Å². The quantitative estimate of drug-likeness (QED) is 0.629. The molecule has 1 N–H and O–H groups in total. The molecule has 0 rings (SSSR count). The monoisotopic (exact) mass is 186 g/mol. The fraction of sp³-hybridized carbons (Fsp3) is 0.818. The van der Waals surface area contributed by atoms with Crippen molar-refractivity contribution in [3.05, 3.63) is 12.3 Å². The van der Waals surface area contributed by atoms with Crippen LogP contribution in [0.25, 0.3) is 0 Å². The van der Waals surface area contributed by atoms with Gasteiger partial charge >= 0.3 is 0 Å². The number of hydrogen-bond acceptors (Lipinski definition) is 1. The van der Waals surface area contributed by atoms with Gasteiger partial charge in [-0.1, -0.05) is 13.8 Å². The molecule has 0 saturated carbocycles. The van der Waals surface area contributed by atoms with E-state index in [1.807, 2.05) is 0 Å². The Kier molecular flexibility index (Phi) is 5.26. The van der Waals surface area contributed by atoms with E-state index in [-0.39, 0.29) is 6.61 Å². The van der Waals surface area contributed by atoms with Crippen molar-refractivity contribution in [2.24, 2.45) is 5.92 Å². The number of rotatable bonds is 6. The van der Waals surface area contributed by atoms with Gasteiger partial charge in [-0.2, -0.15) is 0 Å². The molecule has 0 aromatic heterocycles. The van der Waals surface area contributed by atoms with E-state index in [1.54, 1.807) is 0 Å². The van der Waals surface area contributed by atoms with Gasteiger partial charge in [-0.05, 0) is 18.9 Å². The van der Waals surface area contributed by atoms with Crippen molar-refractivity contribution >= 4 is 0 Å². The highest BCUT2D eigenvalue weighted by molar-refractivity contribution is 4.82. The predicted octanol–water partition coefficient (Wildman–Crippen LogP) is 2.01. The smallest absolute Gasteiger partial charge is 0.106 e. The standard InChI is InChI=1S/C11H24NO/c1-10(2)6-7-11(3)12(4,5)8-9-13/h10,13H,3,6-9H2,1-2,4-5H3/q+1. The Morgan fingerprint density at radius 1 is 1.38 bits per heavy atom.